The van der Waals surface area contributed by atoms with E-state index in [-0.39, 0.29) is 12.4 Å². The number of hydrogen-bond acceptors (Lipinski definition) is 5. The van der Waals surface area contributed by atoms with Crippen LogP contribution in [0.4, 0.5) is 0 Å². The molecule has 1 amide bonds. The van der Waals surface area contributed by atoms with Crippen molar-refractivity contribution in [2.24, 2.45) is 5.10 Å². The van der Waals surface area contributed by atoms with Crippen molar-refractivity contribution in [3.05, 3.63) is 108 Å². The average molecular weight is 400 g/mol. The molecule has 0 unspecified atom stereocenters. The highest BCUT2D eigenvalue weighted by Gasteiger charge is 2.11. The number of carbonyl (C=O) groups excluding carboxylic acids is 1. The van der Waals surface area contributed by atoms with Gasteiger partial charge in [0.15, 0.2) is 5.76 Å². The largest absolute Gasteiger partial charge is 0.486 e. The Morgan fingerprint density at radius 1 is 1.07 bits per heavy atom. The fourth-order valence-electron chi connectivity index (χ4n) is 2.77. The molecule has 7 nitrogen and oxygen atoms in total. The van der Waals surface area contributed by atoms with Gasteiger partial charge in [0, 0.05) is 11.8 Å². The van der Waals surface area contributed by atoms with Gasteiger partial charge in [-0.1, -0.05) is 48.5 Å². The van der Waals surface area contributed by atoms with Crippen LogP contribution in [0, 0.1) is 0 Å². The smallest absolute Gasteiger partial charge is 0.307 e. The quantitative estimate of drug-likeness (QED) is 0.360. The van der Waals surface area contributed by atoms with Gasteiger partial charge in [0.05, 0.1) is 19.0 Å². The van der Waals surface area contributed by atoms with Crippen LogP contribution in [0.3, 0.4) is 0 Å². The van der Waals surface area contributed by atoms with Crippen LogP contribution in [0.1, 0.15) is 27.4 Å². The number of carbonyl (C=O) groups is 1. The number of ether oxygens (including phenoxy) is 1. The van der Waals surface area contributed by atoms with Gasteiger partial charge < -0.3 is 9.15 Å². The molecule has 0 radical (unpaired) electrons. The predicted molar refractivity (Wildman–Crippen MR) is 112 cm³/mol. The summed E-state index contributed by atoms with van der Waals surface area (Å²) >= 11 is 0. The van der Waals surface area contributed by atoms with E-state index in [0.717, 1.165) is 16.9 Å². The molecule has 0 spiro atoms. The number of para-hydroxylation sites is 1. The lowest BCUT2D eigenvalue weighted by Crippen LogP contribution is -2.16. The number of furan rings is 1. The van der Waals surface area contributed by atoms with Gasteiger partial charge in [-0.3, -0.25) is 9.48 Å². The topological polar surface area (TPSA) is 81.7 Å². The lowest BCUT2D eigenvalue weighted by molar-refractivity contribution is 0.0923. The summed E-state index contributed by atoms with van der Waals surface area (Å²) in [7, 11) is 0. The van der Waals surface area contributed by atoms with E-state index in [9.17, 15) is 4.79 Å². The third-order valence-electron chi connectivity index (χ3n) is 4.23. The molecule has 4 aromatic rings. The minimum Gasteiger partial charge on any atom is -0.486 e. The third kappa shape index (κ3) is 5.23. The van der Waals surface area contributed by atoms with Crippen molar-refractivity contribution in [2.75, 3.05) is 0 Å². The van der Waals surface area contributed by atoms with Crippen LogP contribution in [0.25, 0.3) is 0 Å². The van der Waals surface area contributed by atoms with Crippen molar-refractivity contribution >= 4 is 12.1 Å². The summed E-state index contributed by atoms with van der Waals surface area (Å²) in [6, 6.07) is 22.7. The van der Waals surface area contributed by atoms with Crippen LogP contribution in [0.5, 0.6) is 5.75 Å². The predicted octanol–water partition coefficient (Wildman–Crippen LogP) is 3.87. The monoisotopic (exact) mass is 400 g/mol. The second-order valence-electron chi connectivity index (χ2n) is 6.52. The second kappa shape index (κ2) is 9.38. The third-order valence-corrected chi connectivity index (χ3v) is 4.23. The zero-order valence-corrected chi connectivity index (χ0v) is 16.1. The van der Waals surface area contributed by atoms with Crippen LogP contribution in [-0.2, 0) is 13.2 Å². The Morgan fingerprint density at radius 3 is 2.63 bits per heavy atom. The highest BCUT2D eigenvalue weighted by molar-refractivity contribution is 5.92. The first-order valence-electron chi connectivity index (χ1n) is 9.42. The van der Waals surface area contributed by atoms with Crippen molar-refractivity contribution in [2.45, 2.75) is 13.2 Å². The fraction of sp³-hybridized carbons (Fsp3) is 0.0870. The summed E-state index contributed by atoms with van der Waals surface area (Å²) in [5.74, 6) is 1.01. The first kappa shape index (κ1) is 19.2. The fourth-order valence-corrected chi connectivity index (χ4v) is 2.77. The number of nitrogens with zero attached hydrogens (tertiary/aromatic N) is 3. The number of benzene rings is 2. The first-order valence-corrected chi connectivity index (χ1v) is 9.42. The lowest BCUT2D eigenvalue weighted by atomic mass is 10.2. The molecule has 0 atom stereocenters. The van der Waals surface area contributed by atoms with Gasteiger partial charge in [0.1, 0.15) is 18.1 Å². The van der Waals surface area contributed by atoms with Crippen LogP contribution < -0.4 is 10.2 Å². The zero-order chi connectivity index (χ0) is 20.6. The van der Waals surface area contributed by atoms with E-state index in [4.69, 9.17) is 9.15 Å². The summed E-state index contributed by atoms with van der Waals surface area (Å²) in [5, 5.41) is 8.27. The lowest BCUT2D eigenvalue weighted by Gasteiger charge is -2.03. The minimum atomic E-state index is -0.436. The molecule has 2 heterocycles. The van der Waals surface area contributed by atoms with Gasteiger partial charge in [-0.25, -0.2) is 5.43 Å². The summed E-state index contributed by atoms with van der Waals surface area (Å²) < 4.78 is 12.9. The Hall–Kier alpha value is -4.13. The average Bonchev–Trinajstić information content (AvgIpc) is 3.43. The van der Waals surface area contributed by atoms with E-state index in [2.05, 4.69) is 15.6 Å². The highest BCUT2D eigenvalue weighted by Crippen LogP contribution is 2.14. The summed E-state index contributed by atoms with van der Waals surface area (Å²) in [4.78, 5) is 12.2. The van der Waals surface area contributed by atoms with E-state index >= 15 is 0 Å². The molecule has 30 heavy (non-hydrogen) atoms. The minimum absolute atomic E-state index is 0.165. The number of nitrogens with one attached hydrogen (secondary N) is 1. The Labute approximate surface area is 173 Å². The van der Waals surface area contributed by atoms with Gasteiger partial charge in [0.2, 0.25) is 0 Å². The van der Waals surface area contributed by atoms with Crippen molar-refractivity contribution in [3.8, 4) is 5.75 Å². The van der Waals surface area contributed by atoms with Crippen LogP contribution in [-0.4, -0.2) is 21.9 Å². The molecular formula is C23H20N4O3. The van der Waals surface area contributed by atoms with Gasteiger partial charge in [0.25, 0.3) is 0 Å². The molecule has 0 aliphatic rings. The number of rotatable bonds is 8. The molecule has 0 aliphatic carbocycles. The maximum Gasteiger partial charge on any atom is 0.307 e. The molecule has 2 aromatic heterocycles. The van der Waals surface area contributed by atoms with Crippen molar-refractivity contribution in [1.82, 2.24) is 15.2 Å². The van der Waals surface area contributed by atoms with Gasteiger partial charge in [-0.2, -0.15) is 10.2 Å². The van der Waals surface area contributed by atoms with E-state index in [1.807, 2.05) is 71.5 Å². The molecule has 0 saturated carbocycles. The molecule has 0 saturated heterocycles. The molecule has 1 N–H and O–H groups in total. The molecule has 150 valence electrons. The normalized spacial score (nSPS) is 10.9. The maximum absolute atomic E-state index is 12.2. The molecule has 7 heteroatoms. The molecule has 0 fully saturated rings. The Bertz CT molecular complexity index is 1120. The number of hydrogen-bond donors (Lipinski definition) is 1. The zero-order valence-electron chi connectivity index (χ0n) is 16.1. The van der Waals surface area contributed by atoms with Crippen LogP contribution in [0.2, 0.25) is 0 Å². The van der Waals surface area contributed by atoms with Crippen LogP contribution in [0.15, 0.2) is 94.7 Å². The van der Waals surface area contributed by atoms with Gasteiger partial charge >= 0.3 is 5.91 Å². The van der Waals surface area contributed by atoms with Crippen LogP contribution >= 0.6 is 0 Å². The van der Waals surface area contributed by atoms with E-state index in [1.54, 1.807) is 18.3 Å². The van der Waals surface area contributed by atoms with E-state index in [1.165, 1.54) is 6.21 Å². The summed E-state index contributed by atoms with van der Waals surface area (Å²) in [5.41, 5.74) is 4.39. The standard InChI is InChI=1S/C23H20N4O3/c28-23(22-12-11-21(30-22)17-29-20-9-5-2-6-10-20)26-24-13-19-14-25-27(16-19)15-18-7-3-1-4-8-18/h1-14,16H,15,17H2,(H,26,28)/b24-13-. The van der Waals surface area contributed by atoms with Gasteiger partial charge in [-0.15, -0.1) is 0 Å². The molecule has 4 rings (SSSR count). The number of aromatic nitrogens is 2. The Morgan fingerprint density at radius 2 is 1.83 bits per heavy atom. The number of amides is 1. The van der Waals surface area contributed by atoms with Crippen molar-refractivity contribution < 1.29 is 13.9 Å². The highest BCUT2D eigenvalue weighted by atomic mass is 16.5. The van der Waals surface area contributed by atoms with E-state index < -0.39 is 5.91 Å². The molecular weight excluding hydrogens is 380 g/mol. The number of hydrazone groups is 1. The Kier molecular flexibility index (Phi) is 6.00. The van der Waals surface area contributed by atoms with Crippen molar-refractivity contribution in [3.63, 3.8) is 0 Å². The van der Waals surface area contributed by atoms with Gasteiger partial charge in [-0.05, 0) is 29.8 Å². The SMILES string of the molecule is O=C(N/N=C\c1cnn(Cc2ccccc2)c1)c1ccc(COc2ccccc2)o1. The second-order valence-corrected chi connectivity index (χ2v) is 6.52. The molecule has 0 aliphatic heterocycles. The maximum atomic E-state index is 12.2. The van der Waals surface area contributed by atoms with E-state index in [0.29, 0.717) is 12.3 Å². The Balaban J connectivity index is 1.27. The first-order chi connectivity index (χ1) is 14.8. The summed E-state index contributed by atoms with van der Waals surface area (Å²) in [6.45, 7) is 0.905. The molecule has 2 aromatic carbocycles. The molecule has 0 bridgehead atoms. The summed E-state index contributed by atoms with van der Waals surface area (Å²) in [6.07, 6.45) is 5.08. The van der Waals surface area contributed by atoms with Crippen molar-refractivity contribution in [1.29, 1.82) is 0 Å².